The number of ether oxygens (including phenoxy) is 1. The van der Waals surface area contributed by atoms with Gasteiger partial charge in [0, 0.05) is 22.7 Å². The number of aryl methyl sites for hydroxylation is 4. The molecule has 1 N–H and O–H groups in total. The molecule has 9 heteroatoms. The van der Waals surface area contributed by atoms with Gasteiger partial charge in [0.1, 0.15) is 4.83 Å². The second kappa shape index (κ2) is 9.05. The van der Waals surface area contributed by atoms with E-state index in [1.807, 2.05) is 0 Å². The van der Waals surface area contributed by atoms with Crippen LogP contribution in [0.4, 0.5) is 0 Å². The van der Waals surface area contributed by atoms with E-state index in [9.17, 15) is 19.2 Å². The van der Waals surface area contributed by atoms with Gasteiger partial charge in [0.25, 0.3) is 5.56 Å². The van der Waals surface area contributed by atoms with E-state index in [2.05, 4.69) is 9.97 Å². The first-order valence-corrected chi connectivity index (χ1v) is 11.9. The average Bonchev–Trinajstić information content (AvgIpc) is 3.29. The Morgan fingerprint density at radius 1 is 1.24 bits per heavy atom. The zero-order valence-electron chi connectivity index (χ0n) is 19.2. The fraction of sp³-hybridized carbons (Fsp3) is 0.458. The minimum atomic E-state index is -1.02. The predicted molar refractivity (Wildman–Crippen MR) is 125 cm³/mol. The number of hydrogen-bond acceptors (Lipinski definition) is 7. The molecule has 0 spiro atoms. The Hall–Kier alpha value is -3.07. The highest BCUT2D eigenvalue weighted by molar-refractivity contribution is 7.18. The van der Waals surface area contributed by atoms with Crippen molar-refractivity contribution in [3.63, 3.8) is 0 Å². The van der Waals surface area contributed by atoms with Crippen LogP contribution in [-0.4, -0.2) is 38.2 Å². The van der Waals surface area contributed by atoms with Crippen LogP contribution >= 0.6 is 11.3 Å². The van der Waals surface area contributed by atoms with Gasteiger partial charge in [0.2, 0.25) is 5.78 Å². The molecule has 174 valence electrons. The topological polar surface area (TPSA) is 111 Å². The lowest BCUT2D eigenvalue weighted by Crippen LogP contribution is -2.27. The van der Waals surface area contributed by atoms with E-state index in [1.54, 1.807) is 25.2 Å². The van der Waals surface area contributed by atoms with Gasteiger partial charge in [-0.3, -0.25) is 23.7 Å². The Morgan fingerprint density at radius 2 is 1.97 bits per heavy atom. The van der Waals surface area contributed by atoms with E-state index in [4.69, 9.17) is 4.74 Å². The molecule has 0 saturated carbocycles. The molecule has 4 rings (SSSR count). The van der Waals surface area contributed by atoms with Crippen LogP contribution in [0.5, 0.6) is 0 Å². The van der Waals surface area contributed by atoms with Crippen LogP contribution in [0.25, 0.3) is 10.2 Å². The minimum Gasteiger partial charge on any atom is -0.454 e. The van der Waals surface area contributed by atoms with Crippen molar-refractivity contribution >= 4 is 39.1 Å². The Balaban J connectivity index is 1.43. The Bertz CT molecular complexity index is 1330. The molecule has 0 radical (unpaired) electrons. The van der Waals surface area contributed by atoms with Crippen molar-refractivity contribution in [3.05, 3.63) is 49.6 Å². The lowest BCUT2D eigenvalue weighted by Gasteiger charge is -2.13. The van der Waals surface area contributed by atoms with Crippen LogP contribution < -0.4 is 5.56 Å². The summed E-state index contributed by atoms with van der Waals surface area (Å²) in [6.07, 6.45) is 4.48. The number of esters is 1. The van der Waals surface area contributed by atoms with Gasteiger partial charge < -0.3 is 9.72 Å². The molecular formula is C24H27N3O5S. The van der Waals surface area contributed by atoms with Crippen LogP contribution in [0.1, 0.15) is 75.7 Å². The summed E-state index contributed by atoms with van der Waals surface area (Å²) in [6, 6.07) is 0. The first-order valence-electron chi connectivity index (χ1n) is 11.1. The third-order valence-electron chi connectivity index (χ3n) is 6.21. The minimum absolute atomic E-state index is 0.0571. The third kappa shape index (κ3) is 4.29. The van der Waals surface area contributed by atoms with E-state index < -0.39 is 17.9 Å². The normalized spacial score (nSPS) is 14.2. The van der Waals surface area contributed by atoms with Crippen molar-refractivity contribution in [3.8, 4) is 0 Å². The number of nitrogens with one attached hydrogen (secondary N) is 1. The van der Waals surface area contributed by atoms with Gasteiger partial charge in [-0.25, -0.2) is 4.98 Å². The molecule has 0 bridgehead atoms. The molecule has 1 aliphatic carbocycles. The number of carbonyl (C=O) groups excluding carboxylic acids is 3. The van der Waals surface area contributed by atoms with Crippen molar-refractivity contribution in [1.29, 1.82) is 0 Å². The van der Waals surface area contributed by atoms with Crippen molar-refractivity contribution in [2.75, 3.05) is 0 Å². The molecular weight excluding hydrogens is 442 g/mol. The van der Waals surface area contributed by atoms with E-state index in [1.165, 1.54) is 29.6 Å². The van der Waals surface area contributed by atoms with E-state index in [0.29, 0.717) is 22.2 Å². The summed E-state index contributed by atoms with van der Waals surface area (Å²) < 4.78 is 6.77. The first kappa shape index (κ1) is 23.1. The van der Waals surface area contributed by atoms with Gasteiger partial charge in [-0.1, -0.05) is 0 Å². The summed E-state index contributed by atoms with van der Waals surface area (Å²) in [5, 5.41) is 0.674. The van der Waals surface area contributed by atoms with Crippen LogP contribution in [0, 0.1) is 13.8 Å². The zero-order chi connectivity index (χ0) is 23.9. The molecule has 8 nitrogen and oxygen atoms in total. The fourth-order valence-electron chi connectivity index (χ4n) is 4.59. The number of thiophene rings is 1. The van der Waals surface area contributed by atoms with Crippen molar-refractivity contribution in [1.82, 2.24) is 14.5 Å². The Labute approximate surface area is 195 Å². The number of ketones is 2. The van der Waals surface area contributed by atoms with E-state index in [-0.39, 0.29) is 30.0 Å². The maximum absolute atomic E-state index is 13.0. The summed E-state index contributed by atoms with van der Waals surface area (Å²) in [5.41, 5.74) is 2.89. The number of hydrogen-bond donors (Lipinski definition) is 1. The van der Waals surface area contributed by atoms with E-state index >= 15 is 0 Å². The largest absolute Gasteiger partial charge is 0.454 e. The maximum atomic E-state index is 13.0. The maximum Gasteiger partial charge on any atom is 0.308 e. The molecule has 0 saturated heterocycles. The fourth-order valence-corrected chi connectivity index (χ4v) is 5.81. The van der Waals surface area contributed by atoms with E-state index in [0.717, 1.165) is 36.1 Å². The van der Waals surface area contributed by atoms with Gasteiger partial charge in [0.05, 0.1) is 23.8 Å². The number of rotatable bonds is 7. The van der Waals surface area contributed by atoms with Crippen LogP contribution in [0.3, 0.4) is 0 Å². The Morgan fingerprint density at radius 3 is 2.67 bits per heavy atom. The smallest absolute Gasteiger partial charge is 0.308 e. The lowest BCUT2D eigenvalue weighted by molar-refractivity contribution is -0.146. The van der Waals surface area contributed by atoms with Crippen LogP contribution in [0.15, 0.2) is 11.1 Å². The molecule has 3 heterocycles. The number of Topliss-reactive ketones (excluding diaryl/α,β-unsaturated/α-hetero) is 2. The second-order valence-corrected chi connectivity index (χ2v) is 9.65. The van der Waals surface area contributed by atoms with Crippen molar-refractivity contribution in [2.45, 2.75) is 72.4 Å². The third-order valence-corrected chi connectivity index (χ3v) is 7.41. The highest BCUT2D eigenvalue weighted by Crippen LogP contribution is 2.33. The van der Waals surface area contributed by atoms with Gasteiger partial charge >= 0.3 is 5.97 Å². The number of fused-ring (bicyclic) bond motifs is 3. The second-order valence-electron chi connectivity index (χ2n) is 8.56. The number of H-pyrrole nitrogens is 1. The highest BCUT2D eigenvalue weighted by atomic mass is 32.1. The quantitative estimate of drug-likeness (QED) is 0.417. The highest BCUT2D eigenvalue weighted by Gasteiger charge is 2.26. The van der Waals surface area contributed by atoms with Gasteiger partial charge in [-0.05, 0) is 64.5 Å². The molecule has 1 aliphatic rings. The molecule has 0 amide bonds. The van der Waals surface area contributed by atoms with Gasteiger partial charge in [0.15, 0.2) is 11.9 Å². The monoisotopic (exact) mass is 469 g/mol. The van der Waals surface area contributed by atoms with Crippen molar-refractivity contribution < 1.29 is 19.1 Å². The molecule has 0 aliphatic heterocycles. The number of aromatic amines is 1. The van der Waals surface area contributed by atoms with Gasteiger partial charge in [-0.2, -0.15) is 0 Å². The summed E-state index contributed by atoms with van der Waals surface area (Å²) in [6.45, 7) is 6.49. The summed E-state index contributed by atoms with van der Waals surface area (Å²) >= 11 is 1.58. The molecule has 33 heavy (non-hydrogen) atoms. The molecule has 0 fully saturated rings. The number of carbonyl (C=O) groups is 3. The SMILES string of the molecule is CC(=O)c1c(C)[nH]c(C(=O)C(C)OC(=O)CCn2cnc3sc4c(c3c2=O)CCCC4)c1C. The van der Waals surface area contributed by atoms with Crippen molar-refractivity contribution in [2.24, 2.45) is 0 Å². The average molecular weight is 470 g/mol. The van der Waals surface area contributed by atoms with Gasteiger partial charge in [-0.15, -0.1) is 11.3 Å². The first-order chi connectivity index (χ1) is 15.7. The molecule has 3 aromatic rings. The van der Waals surface area contributed by atoms with Crippen LogP contribution in [0.2, 0.25) is 0 Å². The standard InChI is InChI=1S/C24H27N3O5S/c1-12-19(14(3)28)13(2)26-21(12)22(30)15(4)32-18(29)9-10-27-11-25-23-20(24(27)31)16-7-5-6-8-17(16)33-23/h11,15,26H,5-10H2,1-4H3. The lowest BCUT2D eigenvalue weighted by atomic mass is 9.97. The summed E-state index contributed by atoms with van der Waals surface area (Å²) in [7, 11) is 0. The summed E-state index contributed by atoms with van der Waals surface area (Å²) in [4.78, 5) is 59.4. The zero-order valence-corrected chi connectivity index (χ0v) is 20.1. The Kier molecular flexibility index (Phi) is 6.34. The number of aromatic nitrogens is 3. The summed E-state index contributed by atoms with van der Waals surface area (Å²) in [5.74, 6) is -1.11. The number of nitrogens with zero attached hydrogens (tertiary/aromatic N) is 2. The predicted octanol–water partition coefficient (Wildman–Crippen LogP) is 3.69. The molecule has 1 atom stereocenters. The van der Waals surface area contributed by atoms with Crippen LogP contribution in [-0.2, 0) is 28.9 Å². The molecule has 3 aromatic heterocycles. The molecule has 1 unspecified atom stereocenters. The molecule has 0 aromatic carbocycles.